The van der Waals surface area contributed by atoms with Gasteiger partial charge in [-0.3, -0.25) is 7.32 Å². The van der Waals surface area contributed by atoms with Gasteiger partial charge in [0, 0.05) is 0 Å². The summed E-state index contributed by atoms with van der Waals surface area (Å²) >= 11 is 0. The summed E-state index contributed by atoms with van der Waals surface area (Å²) in [4.78, 5) is 35.7. The summed E-state index contributed by atoms with van der Waals surface area (Å²) in [6.07, 6.45) is 0. The van der Waals surface area contributed by atoms with Gasteiger partial charge in [-0.1, -0.05) is 0 Å². The maximum Gasteiger partial charge on any atom is 1.00 e. The Balaban J connectivity index is -0.0000000121. The zero-order chi connectivity index (χ0) is 13.9. The van der Waals surface area contributed by atoms with Gasteiger partial charge in [0.2, 0.25) is 0 Å². The summed E-state index contributed by atoms with van der Waals surface area (Å²) in [7, 11) is -2.92. The molecule has 0 aromatic rings. The molecule has 11 nitrogen and oxygen atoms in total. The summed E-state index contributed by atoms with van der Waals surface area (Å²) in [6, 6.07) is 0. The Hall–Kier alpha value is 9.28. The first-order valence-corrected chi connectivity index (χ1v) is 2.84. The molecule has 0 aromatic heterocycles. The van der Waals surface area contributed by atoms with Crippen molar-refractivity contribution < 1.29 is 414 Å². The number of carboxylic acid groups (broad SMARTS) is 4. The second-order valence-electron chi connectivity index (χ2n) is 1.44. The molecule has 19 heteroatoms. The summed E-state index contributed by atoms with van der Waals surface area (Å²) in [5.41, 5.74) is 0. The average Bonchev–Trinajstić information content (AvgIpc) is 2.03. The molecule has 0 aromatic carbocycles. The van der Waals surface area contributed by atoms with E-state index in [2.05, 4.69) is 0 Å². The third-order valence-electron chi connectivity index (χ3n) is 0.333. The van der Waals surface area contributed by atoms with Crippen LogP contribution in [0.4, 0.5) is 0 Å². The van der Waals surface area contributed by atoms with Gasteiger partial charge < -0.3 is 54.7 Å². The van der Waals surface area contributed by atoms with E-state index in [4.69, 9.17) is 54.7 Å². The van der Waals surface area contributed by atoms with E-state index in [0.29, 0.717) is 0 Å². The van der Waals surface area contributed by atoms with Gasteiger partial charge >= 0.3 is 360 Å². The van der Waals surface area contributed by atoms with Gasteiger partial charge in [0.1, 0.15) is 0 Å². The smallest absolute Gasteiger partial charge is 0.907 e. The van der Waals surface area contributed by atoms with Crippen molar-refractivity contribution in [1.29, 1.82) is 0 Å². The Morgan fingerprint density at radius 1 is 0.435 bits per heavy atom. The normalized spacial score (nSPS) is 5.00. The van der Waals surface area contributed by atoms with Crippen molar-refractivity contribution in [2.24, 2.45) is 0 Å². The van der Waals surface area contributed by atoms with Gasteiger partial charge in [-0.15, -0.1) is 0 Å². The fraction of sp³-hybridized carbons (Fsp3) is 0. The molecule has 0 saturated carbocycles. The third kappa shape index (κ3) is 89.8. The largest absolute Gasteiger partial charge is 1.00 e. The molecule has 0 aliphatic carbocycles. The number of hydrogen-bond donors (Lipinski definition) is 0. The van der Waals surface area contributed by atoms with E-state index in [1.165, 1.54) is 0 Å². The molecular weight excluding hydrogens is 509 g/mol. The van der Waals surface area contributed by atoms with Crippen molar-refractivity contribution in [3.8, 4) is 0 Å². The number of rotatable bonds is 0. The number of carbonyl (C=O) groups is 4. The molecule has 0 spiro atoms. The van der Waals surface area contributed by atoms with Crippen molar-refractivity contribution in [2.45, 2.75) is 0 Å². The van der Waals surface area contributed by atoms with E-state index in [1.54, 1.807) is 0 Å². The molecule has 0 radical (unpaired) electrons. The molecule has 92 valence electrons. The molecule has 0 aliphatic rings. The minimum atomic E-state index is -2.92. The molecule has 0 heterocycles. The second-order valence-corrected chi connectivity index (χ2v) is 1.44. The Bertz CT molecular complexity index is 226. The molecular formula is C4BK7O11. The maximum absolute atomic E-state index is 8.93. The van der Waals surface area contributed by atoms with Gasteiger partial charge in [0.25, 0.3) is 0 Å². The quantitative estimate of drug-likeness (QED) is 0.220. The van der Waals surface area contributed by atoms with Crippen LogP contribution in [0.3, 0.4) is 0 Å². The summed E-state index contributed by atoms with van der Waals surface area (Å²) in [5, 5.41) is 61.0. The van der Waals surface area contributed by atoms with E-state index in [1.807, 2.05) is 0 Å². The van der Waals surface area contributed by atoms with Gasteiger partial charge in [0.15, 0.2) is 0 Å². The van der Waals surface area contributed by atoms with E-state index < -0.39 is 31.2 Å². The topological polar surface area (TPSA) is 230 Å². The van der Waals surface area contributed by atoms with Crippen LogP contribution in [-0.2, 0) is 19.2 Å². The first-order valence-electron chi connectivity index (χ1n) is 2.84. The second kappa shape index (κ2) is 48.6. The molecule has 0 rings (SSSR count). The minimum Gasteiger partial charge on any atom is -0.907 e. The Morgan fingerprint density at radius 3 is 0.478 bits per heavy atom. The van der Waals surface area contributed by atoms with Gasteiger partial charge in [-0.2, -0.15) is 0 Å². The van der Waals surface area contributed by atoms with Crippen molar-refractivity contribution in [3.05, 3.63) is 0 Å². The fourth-order valence-corrected chi connectivity index (χ4v) is 0. The molecule has 0 bridgehead atoms. The summed E-state index contributed by atoms with van der Waals surface area (Å²) in [6.45, 7) is 0. The Morgan fingerprint density at radius 2 is 0.478 bits per heavy atom. The van der Waals surface area contributed by atoms with Crippen LogP contribution in [0.2, 0.25) is 0 Å². The summed E-state index contributed by atoms with van der Waals surface area (Å²) in [5.74, 6) is -8.74. The van der Waals surface area contributed by atoms with Gasteiger partial charge in [-0.05, 0) is 0 Å². The molecule has 0 aliphatic heterocycles. The predicted molar refractivity (Wildman–Crippen MR) is 25.8 cm³/mol. The van der Waals surface area contributed by atoms with E-state index >= 15 is 0 Å². The molecule has 0 atom stereocenters. The standard InChI is InChI=1S/2C2H2O4.BO3.7K/c2*3-1(4)2(5)6;2-1(3)4;;;;;;;/h2*(H,3,4)(H,5,6);;;;;;;;/q;;-3;7*+1/p-4. The molecule has 0 fully saturated rings. The number of carboxylic acids is 4. The van der Waals surface area contributed by atoms with Crippen LogP contribution in [0.25, 0.3) is 0 Å². The fourth-order valence-electron chi connectivity index (χ4n) is 0. The first kappa shape index (κ1) is 63.6. The molecule has 0 N–H and O–H groups in total. The van der Waals surface area contributed by atoms with Gasteiger partial charge in [-0.25, -0.2) is 0 Å². The molecule has 23 heavy (non-hydrogen) atoms. The van der Waals surface area contributed by atoms with Crippen LogP contribution in [0.1, 0.15) is 0 Å². The SMILES string of the molecule is O=C([O-])C(=O)[O-].O=C([O-])C(=O)[O-].[K+].[K+].[K+].[K+].[K+].[K+].[K+].[O-]B([O-])[O-]. The predicted octanol–water partition coefficient (Wildman–Crippen LogP) is -31.9. The number of hydrogen-bond acceptors (Lipinski definition) is 11. The average molecular weight is 509 g/mol. The van der Waals surface area contributed by atoms with E-state index in [-0.39, 0.29) is 360 Å². The monoisotopic (exact) mass is 508 g/mol. The van der Waals surface area contributed by atoms with Crippen molar-refractivity contribution >= 4 is 31.2 Å². The van der Waals surface area contributed by atoms with Crippen LogP contribution < -0.4 is 395 Å². The third-order valence-corrected chi connectivity index (χ3v) is 0.333. The first-order chi connectivity index (χ1) is 7.02. The Labute approximate surface area is 429 Å². The minimum absolute atomic E-state index is 0. The van der Waals surface area contributed by atoms with Crippen molar-refractivity contribution in [2.75, 3.05) is 0 Å². The van der Waals surface area contributed by atoms with Crippen LogP contribution in [-0.4, -0.2) is 31.2 Å². The maximum atomic E-state index is 8.93. The van der Waals surface area contributed by atoms with Crippen molar-refractivity contribution in [3.63, 3.8) is 0 Å². The zero-order valence-corrected chi connectivity index (χ0v) is 35.9. The molecule has 0 unspecified atom stereocenters. The zero-order valence-electron chi connectivity index (χ0n) is 14.1. The number of aliphatic carboxylic acids is 4. The Kier molecular flexibility index (Phi) is 135. The van der Waals surface area contributed by atoms with E-state index in [9.17, 15) is 0 Å². The van der Waals surface area contributed by atoms with Crippen LogP contribution in [0.5, 0.6) is 0 Å². The number of carbonyl (C=O) groups excluding carboxylic acids is 4. The van der Waals surface area contributed by atoms with E-state index in [0.717, 1.165) is 0 Å². The van der Waals surface area contributed by atoms with Crippen LogP contribution in [0, 0.1) is 0 Å². The molecule has 0 amide bonds. The van der Waals surface area contributed by atoms with Gasteiger partial charge in [0.05, 0.1) is 23.9 Å². The molecule has 0 saturated heterocycles. The summed E-state index contributed by atoms with van der Waals surface area (Å²) < 4.78 is 0. The van der Waals surface area contributed by atoms with Crippen molar-refractivity contribution in [1.82, 2.24) is 0 Å². The van der Waals surface area contributed by atoms with Crippen LogP contribution in [0.15, 0.2) is 0 Å². The van der Waals surface area contributed by atoms with Crippen LogP contribution >= 0.6 is 0 Å².